The van der Waals surface area contributed by atoms with Crippen molar-refractivity contribution in [3.05, 3.63) is 18.2 Å². The molecule has 0 saturated carbocycles. The number of nitrogens with zero attached hydrogens (tertiary/aromatic N) is 2. The molecule has 68 valence electrons. The molecule has 0 amide bonds. The van der Waals surface area contributed by atoms with E-state index >= 15 is 0 Å². The molecule has 0 aliphatic heterocycles. The number of hydrogen-bond acceptors (Lipinski definition) is 2. The minimum atomic E-state index is -0.780. The first-order valence-corrected chi connectivity index (χ1v) is 3.39. The second-order valence-electron chi connectivity index (χ2n) is 2.31. The van der Waals surface area contributed by atoms with Crippen LogP contribution in [0.3, 0.4) is 0 Å². The summed E-state index contributed by atoms with van der Waals surface area (Å²) in [6, 6.07) is 0. The first kappa shape index (κ1) is 11.0. The molecule has 0 spiro atoms. The molecule has 12 heavy (non-hydrogen) atoms. The normalized spacial score (nSPS) is 9.08. The number of hydrogen-bond donors (Lipinski definition) is 1. The summed E-state index contributed by atoms with van der Waals surface area (Å²) < 4.78 is 1.81. The van der Waals surface area contributed by atoms with Crippen molar-refractivity contribution in [2.45, 2.75) is 19.9 Å². The zero-order chi connectivity index (χ0) is 8.27. The highest BCUT2D eigenvalue weighted by Crippen LogP contribution is 1.96. The lowest BCUT2D eigenvalue weighted by Crippen LogP contribution is -3.00. The Labute approximate surface area is 78.1 Å². The van der Waals surface area contributed by atoms with E-state index in [1.165, 1.54) is 0 Å². The standard InChI is InChI=1S/C7H10N2O2.ClH/c1-6-8-3-5-9(6)4-2-7(10)11;/h3,5H,2,4H2,1H3,(H,10,11);1H. The van der Waals surface area contributed by atoms with Crippen LogP contribution in [0.2, 0.25) is 0 Å². The molecule has 0 saturated heterocycles. The second-order valence-corrected chi connectivity index (χ2v) is 2.31. The number of aromatic nitrogens is 2. The molecule has 0 fully saturated rings. The number of carbonyl (C=O) groups is 1. The predicted octanol–water partition coefficient (Wildman–Crippen LogP) is -2.22. The Hall–Kier alpha value is -1.03. The van der Waals surface area contributed by atoms with Gasteiger partial charge < -0.3 is 22.1 Å². The van der Waals surface area contributed by atoms with E-state index in [9.17, 15) is 4.79 Å². The van der Waals surface area contributed by atoms with Gasteiger partial charge in [0, 0.05) is 18.9 Å². The van der Waals surface area contributed by atoms with E-state index in [0.717, 1.165) is 5.82 Å². The molecule has 1 rings (SSSR count). The van der Waals surface area contributed by atoms with Gasteiger partial charge in [0.05, 0.1) is 6.42 Å². The fraction of sp³-hybridized carbons (Fsp3) is 0.429. The highest BCUT2D eigenvalue weighted by atomic mass is 35.5. The lowest BCUT2D eigenvalue weighted by atomic mass is 10.4. The average molecular weight is 191 g/mol. The van der Waals surface area contributed by atoms with Crippen LogP contribution in [0.25, 0.3) is 0 Å². The third-order valence-electron chi connectivity index (χ3n) is 1.49. The van der Waals surface area contributed by atoms with E-state index in [2.05, 4.69) is 4.98 Å². The SMILES string of the molecule is Cc1nccn1CCC(=O)O.[Cl-].[H+]. The summed E-state index contributed by atoms with van der Waals surface area (Å²) in [5.41, 5.74) is 0. The third kappa shape index (κ3) is 2.92. The molecule has 1 aromatic rings. The molecule has 0 unspecified atom stereocenters. The Morgan fingerprint density at radius 2 is 2.50 bits per heavy atom. The minimum Gasteiger partial charge on any atom is -1.00 e. The van der Waals surface area contributed by atoms with Crippen LogP contribution >= 0.6 is 0 Å². The Morgan fingerprint density at radius 3 is 2.92 bits per heavy atom. The van der Waals surface area contributed by atoms with E-state index in [1.54, 1.807) is 12.4 Å². The summed E-state index contributed by atoms with van der Waals surface area (Å²) in [6.45, 7) is 2.35. The van der Waals surface area contributed by atoms with Crippen molar-refractivity contribution in [2.75, 3.05) is 0 Å². The highest BCUT2D eigenvalue weighted by Gasteiger charge is 1.99. The van der Waals surface area contributed by atoms with E-state index in [-0.39, 0.29) is 20.3 Å². The Morgan fingerprint density at radius 1 is 1.83 bits per heavy atom. The van der Waals surface area contributed by atoms with E-state index < -0.39 is 5.97 Å². The van der Waals surface area contributed by atoms with Crippen molar-refractivity contribution in [1.82, 2.24) is 9.55 Å². The molecule has 0 radical (unpaired) electrons. The number of carboxylic acid groups (broad SMARTS) is 1. The first-order valence-electron chi connectivity index (χ1n) is 3.39. The van der Waals surface area contributed by atoms with Crippen molar-refractivity contribution in [1.29, 1.82) is 0 Å². The zero-order valence-corrected chi connectivity index (χ0v) is 7.45. The predicted molar refractivity (Wildman–Crippen MR) is 40.3 cm³/mol. The van der Waals surface area contributed by atoms with Gasteiger partial charge in [0.25, 0.3) is 0 Å². The van der Waals surface area contributed by atoms with Crippen LogP contribution in [0.15, 0.2) is 12.4 Å². The molecule has 0 atom stereocenters. The van der Waals surface area contributed by atoms with Crippen molar-refractivity contribution < 1.29 is 23.7 Å². The maximum absolute atomic E-state index is 10.2. The smallest absolute Gasteiger partial charge is 1.00 e. The van der Waals surface area contributed by atoms with Gasteiger partial charge in [-0.25, -0.2) is 4.98 Å². The molecule has 1 heterocycles. The Kier molecular flexibility index (Phi) is 4.36. The zero-order valence-electron chi connectivity index (χ0n) is 7.70. The number of imidazole rings is 1. The Bertz CT molecular complexity index is 265. The maximum Gasteiger partial charge on any atom is 1.00 e. The van der Waals surface area contributed by atoms with Crippen molar-refractivity contribution in [3.63, 3.8) is 0 Å². The lowest BCUT2D eigenvalue weighted by Gasteiger charge is -2.00. The maximum atomic E-state index is 10.2. The molecule has 1 aromatic heterocycles. The van der Waals surface area contributed by atoms with Gasteiger partial charge in [-0.3, -0.25) is 4.79 Å². The first-order chi connectivity index (χ1) is 5.20. The molecule has 5 heteroatoms. The summed E-state index contributed by atoms with van der Waals surface area (Å²) in [7, 11) is 0. The van der Waals surface area contributed by atoms with Crippen molar-refractivity contribution in [2.24, 2.45) is 0 Å². The third-order valence-corrected chi connectivity index (χ3v) is 1.49. The summed E-state index contributed by atoms with van der Waals surface area (Å²) in [4.78, 5) is 14.1. The van der Waals surface area contributed by atoms with Crippen molar-refractivity contribution in [3.8, 4) is 0 Å². The van der Waals surface area contributed by atoms with Crippen LogP contribution in [-0.2, 0) is 11.3 Å². The van der Waals surface area contributed by atoms with E-state index in [1.807, 2.05) is 11.5 Å². The van der Waals surface area contributed by atoms with E-state index in [0.29, 0.717) is 6.54 Å². The Balaban J connectivity index is 0. The number of halogens is 1. The quantitative estimate of drug-likeness (QED) is 0.588. The van der Waals surface area contributed by atoms with Crippen LogP contribution in [0, 0.1) is 6.92 Å². The molecule has 0 aliphatic rings. The lowest BCUT2D eigenvalue weighted by molar-refractivity contribution is -0.137. The van der Waals surface area contributed by atoms with Gasteiger partial charge in [0.2, 0.25) is 0 Å². The van der Waals surface area contributed by atoms with Crippen LogP contribution in [0.4, 0.5) is 0 Å². The fourth-order valence-electron chi connectivity index (χ4n) is 0.856. The van der Waals surface area contributed by atoms with Crippen LogP contribution in [0.5, 0.6) is 0 Å². The van der Waals surface area contributed by atoms with Gasteiger partial charge in [-0.15, -0.1) is 0 Å². The molecular formula is C7H11ClN2O2. The summed E-state index contributed by atoms with van der Waals surface area (Å²) in [5.74, 6) is 0.0735. The number of aliphatic carboxylic acids is 1. The van der Waals surface area contributed by atoms with Crippen molar-refractivity contribution >= 4 is 5.97 Å². The molecular weight excluding hydrogens is 180 g/mol. The molecule has 1 N–H and O–H groups in total. The number of carboxylic acids is 1. The topological polar surface area (TPSA) is 55.1 Å². The van der Waals surface area contributed by atoms with Crippen LogP contribution in [-0.4, -0.2) is 20.6 Å². The second kappa shape index (κ2) is 4.77. The molecule has 0 bridgehead atoms. The van der Waals surface area contributed by atoms with Gasteiger partial charge in [-0.05, 0) is 6.92 Å². The molecule has 4 nitrogen and oxygen atoms in total. The largest absolute Gasteiger partial charge is 1.00 e. The average Bonchev–Trinajstić information content (AvgIpc) is 2.31. The minimum absolute atomic E-state index is 0. The van der Waals surface area contributed by atoms with Crippen LogP contribution < -0.4 is 12.4 Å². The summed E-state index contributed by atoms with van der Waals surface area (Å²) in [5, 5.41) is 8.37. The number of aryl methyl sites for hydroxylation is 2. The van der Waals surface area contributed by atoms with E-state index in [4.69, 9.17) is 5.11 Å². The number of rotatable bonds is 3. The fourth-order valence-corrected chi connectivity index (χ4v) is 0.856. The van der Waals surface area contributed by atoms with Gasteiger partial charge >= 0.3 is 7.40 Å². The molecule has 0 aromatic carbocycles. The summed E-state index contributed by atoms with van der Waals surface area (Å²) in [6.07, 6.45) is 3.59. The molecule has 0 aliphatic carbocycles. The summed E-state index contributed by atoms with van der Waals surface area (Å²) >= 11 is 0. The van der Waals surface area contributed by atoms with Gasteiger partial charge in [0.1, 0.15) is 5.82 Å². The van der Waals surface area contributed by atoms with Crippen LogP contribution in [0.1, 0.15) is 13.7 Å². The van der Waals surface area contributed by atoms with Gasteiger partial charge in [0.15, 0.2) is 0 Å². The van der Waals surface area contributed by atoms with Gasteiger partial charge in [-0.1, -0.05) is 0 Å². The highest BCUT2D eigenvalue weighted by molar-refractivity contribution is 5.66. The van der Waals surface area contributed by atoms with Gasteiger partial charge in [-0.2, -0.15) is 0 Å². The monoisotopic (exact) mass is 190 g/mol.